The molecule has 4 rings (SSSR count). The summed E-state index contributed by atoms with van der Waals surface area (Å²) >= 11 is 0. The van der Waals surface area contributed by atoms with Gasteiger partial charge in [0.15, 0.2) is 11.4 Å². The Morgan fingerprint density at radius 1 is 1.15 bits per heavy atom. The molecule has 0 aliphatic carbocycles. The quantitative estimate of drug-likeness (QED) is 0.527. The molecule has 0 bridgehead atoms. The lowest BCUT2D eigenvalue weighted by molar-refractivity contribution is -0.136. The third-order valence-electron chi connectivity index (χ3n) is 4.23. The fourth-order valence-electron chi connectivity index (χ4n) is 2.85. The van der Waals surface area contributed by atoms with E-state index < -0.39 is 11.7 Å². The highest BCUT2D eigenvalue weighted by Crippen LogP contribution is 2.36. The molecule has 6 nitrogen and oxygen atoms in total. The van der Waals surface area contributed by atoms with E-state index in [0.717, 1.165) is 11.6 Å². The Morgan fingerprint density at radius 2 is 1.93 bits per heavy atom. The number of ketones is 1. The molecule has 0 unspecified atom stereocenters. The number of hydrogen-bond donors (Lipinski definition) is 1. The number of carbonyl (C=O) groups is 1. The topological polar surface area (TPSA) is 73.0 Å². The summed E-state index contributed by atoms with van der Waals surface area (Å²) in [5.41, 5.74) is 0.685. The normalized spacial score (nSPS) is 12.0. The average Bonchev–Trinajstić information content (AvgIpc) is 3.14. The molecule has 1 N–H and O–H groups in total. The number of Topliss-reactive ketones (excluding diaryl/α,β-unsaturated/α-hetero) is 1. The Labute approximate surface area is 150 Å². The van der Waals surface area contributed by atoms with E-state index in [4.69, 9.17) is 4.42 Å². The van der Waals surface area contributed by atoms with Gasteiger partial charge in [0.05, 0.1) is 11.0 Å². The smallest absolute Gasteiger partial charge is 0.420 e. The van der Waals surface area contributed by atoms with Gasteiger partial charge in [-0.2, -0.15) is 18.2 Å². The molecule has 2 aromatic carbocycles. The Morgan fingerprint density at radius 3 is 2.63 bits per heavy atom. The number of aromatic nitrogens is 3. The largest absolute Gasteiger partial charge is 0.423 e. The number of fused-ring (bicyclic) bond motifs is 2. The summed E-state index contributed by atoms with van der Waals surface area (Å²) in [6.45, 7) is 1.46. The number of hydrogen-bond acceptors (Lipinski definition) is 5. The van der Waals surface area contributed by atoms with Crippen LogP contribution in [0.5, 0.6) is 0 Å². The van der Waals surface area contributed by atoms with Crippen LogP contribution in [0.25, 0.3) is 22.1 Å². The van der Waals surface area contributed by atoms with Crippen LogP contribution in [0.4, 0.5) is 25.1 Å². The van der Waals surface area contributed by atoms with Crippen molar-refractivity contribution in [1.29, 1.82) is 0 Å². The lowest BCUT2D eigenvalue weighted by Gasteiger charge is -2.05. The maximum absolute atomic E-state index is 13.1. The second-order valence-electron chi connectivity index (χ2n) is 6.05. The first-order valence-corrected chi connectivity index (χ1v) is 7.95. The number of anilines is 2. The van der Waals surface area contributed by atoms with Gasteiger partial charge in [0, 0.05) is 12.6 Å². The number of para-hydroxylation sites is 1. The zero-order valence-electron chi connectivity index (χ0n) is 14.3. The van der Waals surface area contributed by atoms with Crippen molar-refractivity contribution in [2.75, 3.05) is 5.32 Å². The van der Waals surface area contributed by atoms with Crippen molar-refractivity contribution in [3.63, 3.8) is 0 Å². The summed E-state index contributed by atoms with van der Waals surface area (Å²) < 4.78 is 46.3. The molecule has 0 aliphatic rings. The van der Waals surface area contributed by atoms with Crippen LogP contribution in [0.2, 0.25) is 0 Å². The fourth-order valence-corrected chi connectivity index (χ4v) is 2.85. The first-order chi connectivity index (χ1) is 12.7. The van der Waals surface area contributed by atoms with Crippen molar-refractivity contribution < 1.29 is 22.4 Å². The van der Waals surface area contributed by atoms with Crippen molar-refractivity contribution in [3.05, 3.63) is 47.5 Å². The summed E-state index contributed by atoms with van der Waals surface area (Å²) in [5, 5.41) is 2.80. The summed E-state index contributed by atoms with van der Waals surface area (Å²) in [7, 11) is 1.73. The van der Waals surface area contributed by atoms with E-state index >= 15 is 0 Å². The van der Waals surface area contributed by atoms with Crippen LogP contribution < -0.4 is 5.32 Å². The predicted molar refractivity (Wildman–Crippen MR) is 93.0 cm³/mol. The van der Waals surface area contributed by atoms with E-state index in [0.29, 0.717) is 17.0 Å². The standard InChI is InChI=1S/C18H13F3N4O2/c1-9(26)10-6-7-14-13(8-10)22-16(25(14)2)24-17-23-12-5-3-4-11(15(12)27-17)18(19,20)21/h3-8H,1-2H3,(H,22,23,24). The van der Waals surface area contributed by atoms with Crippen LogP contribution in [0, 0.1) is 0 Å². The van der Waals surface area contributed by atoms with Crippen molar-refractivity contribution >= 4 is 39.9 Å². The van der Waals surface area contributed by atoms with E-state index in [-0.39, 0.29) is 22.9 Å². The third-order valence-corrected chi connectivity index (χ3v) is 4.23. The van der Waals surface area contributed by atoms with E-state index in [1.807, 2.05) is 0 Å². The zero-order valence-corrected chi connectivity index (χ0v) is 14.3. The molecule has 0 atom stereocenters. The lowest BCUT2D eigenvalue weighted by Crippen LogP contribution is -2.04. The zero-order chi connectivity index (χ0) is 19.3. The Kier molecular flexibility index (Phi) is 3.69. The van der Waals surface area contributed by atoms with Gasteiger partial charge in [0.25, 0.3) is 0 Å². The molecule has 0 amide bonds. The molecule has 2 heterocycles. The minimum absolute atomic E-state index is 0.0873. The Bertz CT molecular complexity index is 1190. The molecule has 0 fully saturated rings. The number of alkyl halides is 3. The number of aryl methyl sites for hydroxylation is 1. The number of oxazole rings is 1. The predicted octanol–water partition coefficient (Wildman–Crippen LogP) is 4.68. The molecule has 0 aliphatic heterocycles. The van der Waals surface area contributed by atoms with Crippen LogP contribution in [0.15, 0.2) is 40.8 Å². The van der Waals surface area contributed by atoms with Crippen molar-refractivity contribution in [2.24, 2.45) is 7.05 Å². The van der Waals surface area contributed by atoms with Crippen molar-refractivity contribution in [2.45, 2.75) is 13.1 Å². The lowest BCUT2D eigenvalue weighted by atomic mass is 10.1. The van der Waals surface area contributed by atoms with Crippen LogP contribution >= 0.6 is 0 Å². The molecular formula is C18H13F3N4O2. The maximum atomic E-state index is 13.1. The van der Waals surface area contributed by atoms with Gasteiger partial charge in [0.2, 0.25) is 5.95 Å². The number of rotatable bonds is 3. The van der Waals surface area contributed by atoms with Gasteiger partial charge < -0.3 is 8.98 Å². The highest BCUT2D eigenvalue weighted by atomic mass is 19.4. The van der Waals surface area contributed by atoms with Gasteiger partial charge in [0.1, 0.15) is 11.1 Å². The van der Waals surface area contributed by atoms with Crippen molar-refractivity contribution in [3.8, 4) is 0 Å². The van der Waals surface area contributed by atoms with Crippen LogP contribution in [0.3, 0.4) is 0 Å². The molecule has 0 saturated carbocycles. The highest BCUT2D eigenvalue weighted by Gasteiger charge is 2.34. The number of halogens is 3. The fraction of sp³-hybridized carbons (Fsp3) is 0.167. The molecular weight excluding hydrogens is 361 g/mol. The Hall–Kier alpha value is -3.36. The second kappa shape index (κ2) is 5.83. The number of nitrogens with one attached hydrogen (secondary N) is 1. The molecule has 27 heavy (non-hydrogen) atoms. The van der Waals surface area contributed by atoms with Crippen LogP contribution in [-0.2, 0) is 13.2 Å². The highest BCUT2D eigenvalue weighted by molar-refractivity contribution is 5.97. The molecule has 0 saturated heterocycles. The van der Waals surface area contributed by atoms with Crippen molar-refractivity contribution in [1.82, 2.24) is 14.5 Å². The van der Waals surface area contributed by atoms with Gasteiger partial charge in [-0.3, -0.25) is 10.1 Å². The third kappa shape index (κ3) is 2.90. The summed E-state index contributed by atoms with van der Waals surface area (Å²) in [6, 6.07) is 8.63. The molecule has 4 aromatic rings. The summed E-state index contributed by atoms with van der Waals surface area (Å²) in [5.74, 6) is 0.238. The Balaban J connectivity index is 1.76. The van der Waals surface area contributed by atoms with E-state index in [1.54, 1.807) is 29.8 Å². The number of nitrogens with zero attached hydrogens (tertiary/aromatic N) is 3. The maximum Gasteiger partial charge on any atom is 0.420 e. The van der Waals surface area contributed by atoms with Gasteiger partial charge >= 0.3 is 12.2 Å². The van der Waals surface area contributed by atoms with Gasteiger partial charge in [-0.25, -0.2) is 4.98 Å². The summed E-state index contributed by atoms with van der Waals surface area (Å²) in [6.07, 6.45) is -4.54. The number of benzene rings is 2. The van der Waals surface area contributed by atoms with Crippen LogP contribution in [0.1, 0.15) is 22.8 Å². The van der Waals surface area contributed by atoms with Gasteiger partial charge in [-0.1, -0.05) is 6.07 Å². The molecule has 9 heteroatoms. The molecule has 0 spiro atoms. The molecule has 138 valence electrons. The minimum Gasteiger partial charge on any atom is -0.423 e. The summed E-state index contributed by atoms with van der Waals surface area (Å²) in [4.78, 5) is 19.9. The second-order valence-corrected chi connectivity index (χ2v) is 6.05. The van der Waals surface area contributed by atoms with Gasteiger partial charge in [-0.15, -0.1) is 0 Å². The first-order valence-electron chi connectivity index (χ1n) is 7.95. The minimum atomic E-state index is -4.54. The van der Waals surface area contributed by atoms with Gasteiger partial charge in [-0.05, 0) is 37.3 Å². The van der Waals surface area contributed by atoms with Crippen LogP contribution in [-0.4, -0.2) is 20.3 Å². The number of carbonyl (C=O) groups excluding carboxylic acids is 1. The molecule has 2 aromatic heterocycles. The molecule has 0 radical (unpaired) electrons. The number of imidazole rings is 1. The van der Waals surface area contributed by atoms with E-state index in [1.165, 1.54) is 19.1 Å². The SMILES string of the molecule is CC(=O)c1ccc2c(c1)nc(Nc1nc3cccc(C(F)(F)F)c3o1)n2C. The monoisotopic (exact) mass is 374 g/mol. The first kappa shape index (κ1) is 17.1. The van der Waals surface area contributed by atoms with E-state index in [9.17, 15) is 18.0 Å². The average molecular weight is 374 g/mol. The van der Waals surface area contributed by atoms with E-state index in [2.05, 4.69) is 15.3 Å².